The number of hydrogen-bond acceptors (Lipinski definition) is 3. The molecule has 5 nitrogen and oxygen atoms in total. The monoisotopic (exact) mass is 436 g/mol. The molecule has 0 N–H and O–H groups in total. The zero-order chi connectivity index (χ0) is 22.8. The Morgan fingerprint density at radius 1 is 0.969 bits per heavy atom. The summed E-state index contributed by atoms with van der Waals surface area (Å²) in [6, 6.07) is 14.5. The molecule has 0 spiro atoms. The van der Waals surface area contributed by atoms with Crippen LogP contribution in [-0.4, -0.2) is 22.2 Å². The highest BCUT2D eigenvalue weighted by Gasteiger charge is 2.17. The number of carbonyl (C=O) groups excluding carboxylic acids is 1. The summed E-state index contributed by atoms with van der Waals surface area (Å²) in [6.07, 6.45) is 2.11. The van der Waals surface area contributed by atoms with Crippen LogP contribution in [0.2, 0.25) is 0 Å². The van der Waals surface area contributed by atoms with Crippen molar-refractivity contribution in [1.29, 1.82) is 0 Å². The van der Waals surface area contributed by atoms with Crippen LogP contribution in [0.3, 0.4) is 0 Å². The van der Waals surface area contributed by atoms with E-state index in [1.165, 1.54) is 35.9 Å². The molecular formula is C25H22F2N2O3. The number of methoxy groups -OCH3 is 1. The highest BCUT2D eigenvalue weighted by Crippen LogP contribution is 2.28. The van der Waals surface area contributed by atoms with E-state index in [1.54, 1.807) is 12.3 Å². The van der Waals surface area contributed by atoms with Gasteiger partial charge >= 0.3 is 5.97 Å². The van der Waals surface area contributed by atoms with Gasteiger partial charge in [0.25, 0.3) is 5.56 Å². The minimum absolute atomic E-state index is 0.0922. The van der Waals surface area contributed by atoms with Crippen LogP contribution in [-0.2, 0) is 29.0 Å². The molecule has 2 aromatic carbocycles. The van der Waals surface area contributed by atoms with E-state index in [0.29, 0.717) is 6.42 Å². The zero-order valence-corrected chi connectivity index (χ0v) is 17.8. The molecule has 0 atom stereocenters. The van der Waals surface area contributed by atoms with Gasteiger partial charge in [0.2, 0.25) is 0 Å². The zero-order valence-electron chi connectivity index (χ0n) is 17.8. The molecule has 0 unspecified atom stereocenters. The number of benzene rings is 2. The largest absolute Gasteiger partial charge is 0.468 e. The fraction of sp³-hybridized carbons (Fsp3) is 0.200. The molecular weight excluding hydrogens is 414 g/mol. The Balaban J connectivity index is 1.73. The van der Waals surface area contributed by atoms with Gasteiger partial charge in [-0.1, -0.05) is 30.3 Å². The van der Waals surface area contributed by atoms with Gasteiger partial charge in [-0.3, -0.25) is 9.59 Å². The lowest BCUT2D eigenvalue weighted by molar-refractivity contribution is -0.141. The van der Waals surface area contributed by atoms with Crippen LogP contribution in [0.15, 0.2) is 65.6 Å². The lowest BCUT2D eigenvalue weighted by atomic mass is 10.0. The molecule has 4 rings (SSSR count). The molecule has 2 aromatic heterocycles. The van der Waals surface area contributed by atoms with Crippen molar-refractivity contribution in [2.75, 3.05) is 7.11 Å². The van der Waals surface area contributed by atoms with Gasteiger partial charge in [-0.05, 0) is 36.2 Å². The van der Waals surface area contributed by atoms with Crippen molar-refractivity contribution in [3.05, 3.63) is 105 Å². The molecule has 0 aliphatic rings. The summed E-state index contributed by atoms with van der Waals surface area (Å²) in [5.41, 5.74) is 3.14. The van der Waals surface area contributed by atoms with Crippen molar-refractivity contribution in [2.45, 2.75) is 26.4 Å². The molecule has 0 radical (unpaired) electrons. The Morgan fingerprint density at radius 3 is 2.41 bits per heavy atom. The summed E-state index contributed by atoms with van der Waals surface area (Å²) < 4.78 is 36.2. The first-order valence-electron chi connectivity index (χ1n) is 10.1. The van der Waals surface area contributed by atoms with Crippen LogP contribution < -0.4 is 5.56 Å². The Bertz CT molecular complexity index is 1350. The molecule has 0 aliphatic heterocycles. The van der Waals surface area contributed by atoms with E-state index in [-0.39, 0.29) is 30.2 Å². The van der Waals surface area contributed by atoms with Crippen molar-refractivity contribution < 1.29 is 18.3 Å². The topological polar surface area (TPSA) is 53.2 Å². The van der Waals surface area contributed by atoms with Gasteiger partial charge in [0.1, 0.15) is 18.2 Å². The average Bonchev–Trinajstić information content (AvgIpc) is 3.04. The molecule has 0 bridgehead atoms. The molecule has 0 saturated carbocycles. The third-order valence-corrected chi connectivity index (χ3v) is 5.69. The molecule has 0 saturated heterocycles. The number of esters is 1. The summed E-state index contributed by atoms with van der Waals surface area (Å²) in [5, 5.41) is 0.992. The van der Waals surface area contributed by atoms with Crippen LogP contribution in [0.1, 0.15) is 22.4 Å². The van der Waals surface area contributed by atoms with Gasteiger partial charge in [-0.15, -0.1) is 0 Å². The van der Waals surface area contributed by atoms with Crippen molar-refractivity contribution in [3.8, 4) is 0 Å². The number of fused-ring (bicyclic) bond motifs is 1. The standard InChI is InChI=1S/C25H22F2N2O3/c1-16-19(18-6-3-4-9-23(18)29(16)15-25(31)32-2)12-17-10-11-24(30)28(13-17)14-20-21(26)7-5-8-22(20)27/h3-11,13H,12,14-15H2,1-2H3. The van der Waals surface area contributed by atoms with Crippen molar-refractivity contribution in [2.24, 2.45) is 0 Å². The fourth-order valence-electron chi connectivity index (χ4n) is 3.99. The Kier molecular flexibility index (Phi) is 5.90. The Labute approximate surface area is 183 Å². The highest BCUT2D eigenvalue weighted by molar-refractivity contribution is 5.87. The second kappa shape index (κ2) is 8.78. The molecule has 2 heterocycles. The summed E-state index contributed by atoms with van der Waals surface area (Å²) in [7, 11) is 1.35. The maximum Gasteiger partial charge on any atom is 0.325 e. The first kappa shape index (κ1) is 21.5. The van der Waals surface area contributed by atoms with E-state index in [4.69, 9.17) is 4.74 Å². The molecule has 0 aliphatic carbocycles. The minimum Gasteiger partial charge on any atom is -0.468 e. The number of ether oxygens (including phenoxy) is 1. The predicted molar refractivity (Wildman–Crippen MR) is 118 cm³/mol. The number of para-hydroxylation sites is 1. The number of aromatic nitrogens is 2. The maximum absolute atomic E-state index is 14.1. The predicted octanol–water partition coefficient (Wildman–Crippen LogP) is 4.20. The molecule has 0 amide bonds. The number of pyridine rings is 1. The van der Waals surface area contributed by atoms with Gasteiger partial charge in [0.15, 0.2) is 0 Å². The van der Waals surface area contributed by atoms with Crippen LogP contribution in [0.25, 0.3) is 10.9 Å². The van der Waals surface area contributed by atoms with Crippen molar-refractivity contribution in [1.82, 2.24) is 9.13 Å². The smallest absolute Gasteiger partial charge is 0.325 e. The third kappa shape index (κ3) is 4.06. The first-order valence-corrected chi connectivity index (χ1v) is 10.1. The summed E-state index contributed by atoms with van der Waals surface area (Å²) in [5.74, 6) is -1.73. The van der Waals surface area contributed by atoms with Crippen LogP contribution in [0.4, 0.5) is 8.78 Å². The summed E-state index contributed by atoms with van der Waals surface area (Å²) in [6.45, 7) is 1.83. The van der Waals surface area contributed by atoms with E-state index in [1.807, 2.05) is 35.8 Å². The fourth-order valence-corrected chi connectivity index (χ4v) is 3.99. The number of hydrogen-bond donors (Lipinski definition) is 0. The molecule has 32 heavy (non-hydrogen) atoms. The van der Waals surface area contributed by atoms with Crippen LogP contribution in [0, 0.1) is 18.6 Å². The van der Waals surface area contributed by atoms with E-state index in [2.05, 4.69) is 0 Å². The molecule has 0 fully saturated rings. The second-order valence-corrected chi connectivity index (χ2v) is 7.62. The summed E-state index contributed by atoms with van der Waals surface area (Å²) in [4.78, 5) is 24.3. The second-order valence-electron chi connectivity index (χ2n) is 7.62. The summed E-state index contributed by atoms with van der Waals surface area (Å²) >= 11 is 0. The highest BCUT2D eigenvalue weighted by atomic mass is 19.1. The average molecular weight is 436 g/mol. The maximum atomic E-state index is 14.1. The first-order chi connectivity index (χ1) is 15.4. The Hall–Kier alpha value is -3.74. The van der Waals surface area contributed by atoms with Gasteiger partial charge in [-0.25, -0.2) is 8.78 Å². The molecule has 4 aromatic rings. The number of carbonyl (C=O) groups is 1. The van der Waals surface area contributed by atoms with Crippen LogP contribution in [0.5, 0.6) is 0 Å². The normalized spacial score (nSPS) is 11.1. The van der Waals surface area contributed by atoms with E-state index < -0.39 is 11.6 Å². The van der Waals surface area contributed by atoms with E-state index in [0.717, 1.165) is 27.7 Å². The SMILES string of the molecule is COC(=O)Cn1c(C)c(Cc2ccc(=O)n(Cc3c(F)cccc3F)c2)c2ccccc21. The number of halogens is 2. The lowest BCUT2D eigenvalue weighted by Gasteiger charge is -2.11. The van der Waals surface area contributed by atoms with Gasteiger partial charge in [0, 0.05) is 40.8 Å². The number of nitrogens with zero attached hydrogens (tertiary/aromatic N) is 2. The van der Waals surface area contributed by atoms with Gasteiger partial charge in [-0.2, -0.15) is 0 Å². The van der Waals surface area contributed by atoms with E-state index in [9.17, 15) is 18.4 Å². The Morgan fingerprint density at radius 2 is 1.69 bits per heavy atom. The van der Waals surface area contributed by atoms with Crippen LogP contribution >= 0.6 is 0 Å². The lowest BCUT2D eigenvalue weighted by Crippen LogP contribution is -2.21. The van der Waals surface area contributed by atoms with Crippen molar-refractivity contribution >= 4 is 16.9 Å². The van der Waals surface area contributed by atoms with Crippen molar-refractivity contribution in [3.63, 3.8) is 0 Å². The minimum atomic E-state index is -0.691. The third-order valence-electron chi connectivity index (χ3n) is 5.69. The van der Waals surface area contributed by atoms with Gasteiger partial charge in [0.05, 0.1) is 13.7 Å². The number of rotatable bonds is 6. The molecule has 7 heteroatoms. The molecule has 164 valence electrons. The quantitative estimate of drug-likeness (QED) is 0.426. The van der Waals surface area contributed by atoms with E-state index >= 15 is 0 Å². The van der Waals surface area contributed by atoms with Gasteiger partial charge < -0.3 is 13.9 Å².